The molecule has 0 saturated carbocycles. The number of anilines is 2. The van der Waals surface area contributed by atoms with E-state index < -0.39 is 0 Å². The van der Waals surface area contributed by atoms with Gasteiger partial charge in [-0.15, -0.1) is 10.2 Å². The van der Waals surface area contributed by atoms with Crippen molar-refractivity contribution in [3.05, 3.63) is 54.1 Å². The summed E-state index contributed by atoms with van der Waals surface area (Å²) in [6.07, 6.45) is 3.80. The average molecular weight is 423 g/mol. The average Bonchev–Trinajstić information content (AvgIpc) is 3.24. The highest BCUT2D eigenvalue weighted by molar-refractivity contribution is 8.00. The highest BCUT2D eigenvalue weighted by atomic mass is 32.2. The lowest BCUT2D eigenvalue weighted by Gasteiger charge is -2.28. The standard InChI is InChI=1S/C23H26N4O2S/c1-16-6-8-18(9-7-16)22-25-26-23(29-22)30-17(2)21(28)24-19-10-12-20(13-11-19)27-14-4-3-5-15-27/h6-13,17H,3-5,14-15H2,1-2H3,(H,24,28)/t17-/m1/s1. The van der Waals surface area contributed by atoms with E-state index in [1.807, 2.05) is 50.2 Å². The maximum absolute atomic E-state index is 12.6. The molecule has 0 bridgehead atoms. The van der Waals surface area contributed by atoms with Gasteiger partial charge in [-0.3, -0.25) is 4.79 Å². The van der Waals surface area contributed by atoms with Gasteiger partial charge >= 0.3 is 0 Å². The Morgan fingerprint density at radius 3 is 2.43 bits per heavy atom. The quantitative estimate of drug-likeness (QED) is 0.554. The van der Waals surface area contributed by atoms with Crippen molar-refractivity contribution in [2.24, 2.45) is 0 Å². The van der Waals surface area contributed by atoms with Crippen molar-refractivity contribution < 1.29 is 9.21 Å². The Morgan fingerprint density at radius 1 is 1.03 bits per heavy atom. The van der Waals surface area contributed by atoms with Crippen LogP contribution in [-0.4, -0.2) is 34.4 Å². The number of piperidine rings is 1. The number of nitrogens with one attached hydrogen (secondary N) is 1. The van der Waals surface area contributed by atoms with Crippen LogP contribution in [0.5, 0.6) is 0 Å². The van der Waals surface area contributed by atoms with Crippen molar-refractivity contribution >= 4 is 29.0 Å². The van der Waals surface area contributed by atoms with Gasteiger partial charge in [0.05, 0.1) is 5.25 Å². The SMILES string of the molecule is Cc1ccc(-c2nnc(S[C@H](C)C(=O)Nc3ccc(N4CCCCC4)cc3)o2)cc1. The maximum atomic E-state index is 12.6. The summed E-state index contributed by atoms with van der Waals surface area (Å²) in [5.74, 6) is 0.360. The molecule has 1 amide bonds. The second-order valence-corrected chi connectivity index (χ2v) is 8.88. The first kappa shape index (κ1) is 20.5. The second kappa shape index (κ2) is 9.34. The molecular formula is C23H26N4O2S. The normalized spacial score (nSPS) is 15.1. The first-order valence-corrected chi connectivity index (χ1v) is 11.2. The molecule has 7 heteroatoms. The van der Waals surface area contributed by atoms with Crippen molar-refractivity contribution in [3.8, 4) is 11.5 Å². The number of rotatable bonds is 6. The van der Waals surface area contributed by atoms with E-state index in [9.17, 15) is 4.79 Å². The minimum absolute atomic E-state index is 0.0965. The minimum Gasteiger partial charge on any atom is -0.411 e. The summed E-state index contributed by atoms with van der Waals surface area (Å²) in [6, 6.07) is 16.0. The third-order valence-electron chi connectivity index (χ3n) is 5.21. The molecule has 4 rings (SSSR count). The number of benzene rings is 2. The number of thioether (sulfide) groups is 1. The first-order valence-electron chi connectivity index (χ1n) is 10.3. The smallest absolute Gasteiger partial charge is 0.277 e. The molecule has 0 radical (unpaired) electrons. The van der Waals surface area contributed by atoms with Gasteiger partial charge in [-0.05, 0) is 69.5 Å². The largest absolute Gasteiger partial charge is 0.411 e. The van der Waals surface area contributed by atoms with Crippen LogP contribution in [0.4, 0.5) is 11.4 Å². The predicted octanol–water partition coefficient (Wildman–Crippen LogP) is 5.15. The van der Waals surface area contributed by atoms with Crippen molar-refractivity contribution in [1.82, 2.24) is 10.2 Å². The lowest BCUT2D eigenvalue weighted by Crippen LogP contribution is -2.29. The van der Waals surface area contributed by atoms with Crippen LogP contribution in [0, 0.1) is 6.92 Å². The lowest BCUT2D eigenvalue weighted by molar-refractivity contribution is -0.115. The monoisotopic (exact) mass is 422 g/mol. The summed E-state index contributed by atoms with van der Waals surface area (Å²) in [5.41, 5.74) is 4.04. The Morgan fingerprint density at radius 2 is 1.73 bits per heavy atom. The topological polar surface area (TPSA) is 71.3 Å². The molecule has 0 spiro atoms. The van der Waals surface area contributed by atoms with Crippen molar-refractivity contribution in [2.45, 2.75) is 43.6 Å². The number of nitrogens with zero attached hydrogens (tertiary/aromatic N) is 3. The molecule has 1 aromatic heterocycles. The Hall–Kier alpha value is -2.80. The van der Waals surface area contributed by atoms with E-state index >= 15 is 0 Å². The molecule has 0 aliphatic carbocycles. The van der Waals surface area contributed by atoms with Gasteiger partial charge in [-0.1, -0.05) is 29.5 Å². The summed E-state index contributed by atoms with van der Waals surface area (Å²) in [5, 5.41) is 11.2. The van der Waals surface area contributed by atoms with Crippen LogP contribution in [-0.2, 0) is 4.79 Å². The second-order valence-electron chi connectivity index (χ2n) is 7.58. The van der Waals surface area contributed by atoms with Gasteiger partial charge in [0.2, 0.25) is 11.8 Å². The van der Waals surface area contributed by atoms with Crippen molar-refractivity contribution in [3.63, 3.8) is 0 Å². The number of hydrogen-bond acceptors (Lipinski definition) is 6. The van der Waals surface area contributed by atoms with E-state index in [0.29, 0.717) is 11.1 Å². The number of amides is 1. The van der Waals surface area contributed by atoms with Gasteiger partial charge in [0.1, 0.15) is 0 Å². The van der Waals surface area contributed by atoms with E-state index in [-0.39, 0.29) is 11.2 Å². The molecule has 1 atom stereocenters. The molecule has 1 saturated heterocycles. The zero-order valence-electron chi connectivity index (χ0n) is 17.3. The van der Waals surface area contributed by atoms with E-state index in [2.05, 4.69) is 32.5 Å². The molecule has 1 aliphatic heterocycles. The summed E-state index contributed by atoms with van der Waals surface area (Å²) in [4.78, 5) is 15.0. The Labute approximate surface area is 181 Å². The van der Waals surface area contributed by atoms with Gasteiger partial charge in [-0.25, -0.2) is 0 Å². The summed E-state index contributed by atoms with van der Waals surface area (Å²) >= 11 is 1.25. The number of hydrogen-bond donors (Lipinski definition) is 1. The number of aromatic nitrogens is 2. The highest BCUT2D eigenvalue weighted by Gasteiger charge is 2.19. The summed E-state index contributed by atoms with van der Waals surface area (Å²) < 4.78 is 5.72. The summed E-state index contributed by atoms with van der Waals surface area (Å²) in [7, 11) is 0. The van der Waals surface area contributed by atoms with Crippen LogP contribution in [0.3, 0.4) is 0 Å². The molecule has 156 valence electrons. The molecule has 30 heavy (non-hydrogen) atoms. The summed E-state index contributed by atoms with van der Waals surface area (Å²) in [6.45, 7) is 6.07. The molecule has 1 fully saturated rings. The first-order chi connectivity index (χ1) is 14.6. The molecule has 2 aromatic carbocycles. The van der Waals surface area contributed by atoms with Crippen LogP contribution in [0.15, 0.2) is 58.2 Å². The van der Waals surface area contributed by atoms with Gasteiger partial charge in [0.25, 0.3) is 5.22 Å². The molecular weight excluding hydrogens is 396 g/mol. The minimum atomic E-state index is -0.363. The van der Waals surface area contributed by atoms with Crippen molar-refractivity contribution in [1.29, 1.82) is 0 Å². The fourth-order valence-corrected chi connectivity index (χ4v) is 4.11. The van der Waals surface area contributed by atoms with Gasteiger partial charge < -0.3 is 14.6 Å². The molecule has 1 N–H and O–H groups in total. The van der Waals surface area contributed by atoms with E-state index in [0.717, 1.165) is 24.3 Å². The number of carbonyl (C=O) groups is 1. The third-order valence-corrected chi connectivity index (χ3v) is 6.14. The third kappa shape index (κ3) is 5.02. The van der Waals surface area contributed by atoms with Crippen LogP contribution < -0.4 is 10.2 Å². The van der Waals surface area contributed by atoms with E-state index in [1.165, 1.54) is 42.3 Å². The van der Waals surface area contributed by atoms with Crippen molar-refractivity contribution in [2.75, 3.05) is 23.3 Å². The highest BCUT2D eigenvalue weighted by Crippen LogP contribution is 2.27. The fourth-order valence-electron chi connectivity index (χ4n) is 3.43. The molecule has 3 aromatic rings. The fraction of sp³-hybridized carbons (Fsp3) is 0.348. The Kier molecular flexibility index (Phi) is 6.38. The zero-order chi connectivity index (χ0) is 20.9. The molecule has 1 aliphatic rings. The van der Waals surface area contributed by atoms with Gasteiger partial charge in [-0.2, -0.15) is 0 Å². The lowest BCUT2D eigenvalue weighted by atomic mass is 10.1. The van der Waals surface area contributed by atoms with Crippen LogP contribution in [0.25, 0.3) is 11.5 Å². The van der Waals surface area contributed by atoms with Crippen LogP contribution in [0.1, 0.15) is 31.7 Å². The Bertz CT molecular complexity index is 979. The molecule has 6 nitrogen and oxygen atoms in total. The maximum Gasteiger partial charge on any atom is 0.277 e. The predicted molar refractivity (Wildman–Crippen MR) is 121 cm³/mol. The molecule has 2 heterocycles. The van der Waals surface area contributed by atoms with E-state index in [4.69, 9.17) is 4.42 Å². The van der Waals surface area contributed by atoms with Gasteiger partial charge in [0.15, 0.2) is 0 Å². The zero-order valence-corrected chi connectivity index (χ0v) is 18.1. The van der Waals surface area contributed by atoms with Gasteiger partial charge in [0, 0.05) is 30.0 Å². The van der Waals surface area contributed by atoms with Crippen LogP contribution in [0.2, 0.25) is 0 Å². The van der Waals surface area contributed by atoms with Crippen LogP contribution >= 0.6 is 11.8 Å². The molecule has 0 unspecified atom stereocenters. The van der Waals surface area contributed by atoms with E-state index in [1.54, 1.807) is 0 Å². The number of carbonyl (C=O) groups excluding carboxylic acids is 1. The number of aryl methyl sites for hydroxylation is 1. The Balaban J connectivity index is 1.33.